The van der Waals surface area contributed by atoms with Crippen molar-refractivity contribution in [3.05, 3.63) is 58.7 Å². The van der Waals surface area contributed by atoms with E-state index in [-0.39, 0.29) is 24.4 Å². The molecule has 2 atom stereocenters. The molecule has 30 heavy (non-hydrogen) atoms. The molecule has 0 radical (unpaired) electrons. The molecular formula is C23H27ClN2O4. The van der Waals surface area contributed by atoms with E-state index in [0.29, 0.717) is 17.2 Å². The molecule has 0 amide bonds. The van der Waals surface area contributed by atoms with E-state index in [1.54, 1.807) is 20.3 Å². The number of rotatable bonds is 4. The van der Waals surface area contributed by atoms with E-state index >= 15 is 0 Å². The van der Waals surface area contributed by atoms with Crippen molar-refractivity contribution in [2.75, 3.05) is 41.5 Å². The summed E-state index contributed by atoms with van der Waals surface area (Å²) in [5.74, 6) is 1.34. The molecule has 1 fully saturated rings. The number of ether oxygens (including phenoxy) is 3. The molecule has 2 heterocycles. The van der Waals surface area contributed by atoms with Crippen LogP contribution in [0.2, 0.25) is 0 Å². The summed E-state index contributed by atoms with van der Waals surface area (Å²) in [4.78, 5) is 19.5. The van der Waals surface area contributed by atoms with Gasteiger partial charge < -0.3 is 19.1 Å². The average Bonchev–Trinajstić information content (AvgIpc) is 2.77. The summed E-state index contributed by atoms with van der Waals surface area (Å²) in [5.41, 5.74) is 4.55. The van der Waals surface area contributed by atoms with Gasteiger partial charge in [0.05, 0.1) is 38.6 Å². The first-order valence-electron chi connectivity index (χ1n) is 9.77. The summed E-state index contributed by atoms with van der Waals surface area (Å²) in [6, 6.07) is 11.7. The topological polar surface area (TPSA) is 60.4 Å². The van der Waals surface area contributed by atoms with Crippen LogP contribution < -0.4 is 9.47 Å². The maximum Gasteiger partial charge on any atom is 0.337 e. The van der Waals surface area contributed by atoms with Crippen LogP contribution in [0, 0.1) is 0 Å². The third kappa shape index (κ3) is 3.89. The van der Waals surface area contributed by atoms with Crippen LogP contribution >= 0.6 is 12.4 Å². The number of methoxy groups -OCH3 is 3. The number of aliphatic imine (C=N–C) groups is 1. The Morgan fingerprint density at radius 2 is 1.83 bits per heavy atom. The molecule has 0 N–H and O–H groups in total. The third-order valence-corrected chi connectivity index (χ3v) is 5.84. The van der Waals surface area contributed by atoms with Gasteiger partial charge in [0.2, 0.25) is 0 Å². The SMILES string of the molecule is COC(=O)c1cccc(C2=NC3CCN(C)CC3c3cc(OC)c(OC)cc32)c1.Cl. The van der Waals surface area contributed by atoms with Gasteiger partial charge in [-0.3, -0.25) is 4.99 Å². The number of benzene rings is 2. The second kappa shape index (κ2) is 9.06. The zero-order valence-corrected chi connectivity index (χ0v) is 18.5. The Morgan fingerprint density at radius 1 is 1.10 bits per heavy atom. The summed E-state index contributed by atoms with van der Waals surface area (Å²) in [5, 5.41) is 0. The van der Waals surface area contributed by atoms with Crippen LogP contribution in [0.25, 0.3) is 0 Å². The minimum Gasteiger partial charge on any atom is -0.493 e. The Hall–Kier alpha value is -2.57. The number of carbonyl (C=O) groups excluding carboxylic acids is 1. The van der Waals surface area contributed by atoms with Gasteiger partial charge >= 0.3 is 5.97 Å². The molecule has 1 saturated heterocycles. The van der Waals surface area contributed by atoms with Gasteiger partial charge in [-0.2, -0.15) is 0 Å². The Bertz CT molecular complexity index is 976. The number of hydrogen-bond donors (Lipinski definition) is 0. The van der Waals surface area contributed by atoms with Crippen LogP contribution in [-0.2, 0) is 4.74 Å². The lowest BCUT2D eigenvalue weighted by Crippen LogP contribution is -2.41. The smallest absolute Gasteiger partial charge is 0.337 e. The Labute approximate surface area is 183 Å². The van der Waals surface area contributed by atoms with Crippen molar-refractivity contribution in [3.8, 4) is 11.5 Å². The molecule has 0 saturated carbocycles. The molecule has 2 unspecified atom stereocenters. The highest BCUT2D eigenvalue weighted by Gasteiger charge is 2.36. The number of piperidine rings is 1. The molecule has 2 aromatic carbocycles. The maximum absolute atomic E-state index is 12.0. The first-order chi connectivity index (χ1) is 14.0. The fourth-order valence-corrected chi connectivity index (χ4v) is 4.35. The highest BCUT2D eigenvalue weighted by atomic mass is 35.5. The van der Waals surface area contributed by atoms with Gasteiger partial charge in [-0.15, -0.1) is 12.4 Å². The molecule has 160 valence electrons. The summed E-state index contributed by atoms with van der Waals surface area (Å²) in [6.45, 7) is 1.97. The quantitative estimate of drug-likeness (QED) is 0.694. The van der Waals surface area contributed by atoms with Crippen LogP contribution in [0.4, 0.5) is 0 Å². The molecule has 0 spiro atoms. The Kier molecular flexibility index (Phi) is 6.68. The van der Waals surface area contributed by atoms with Crippen LogP contribution in [0.5, 0.6) is 11.5 Å². The molecule has 0 aliphatic carbocycles. The van der Waals surface area contributed by atoms with E-state index in [0.717, 1.165) is 42.1 Å². The number of hydrogen-bond acceptors (Lipinski definition) is 6. The normalized spacial score (nSPS) is 20.2. The van der Waals surface area contributed by atoms with Crippen molar-refractivity contribution < 1.29 is 19.0 Å². The predicted molar refractivity (Wildman–Crippen MR) is 119 cm³/mol. The van der Waals surface area contributed by atoms with Gasteiger partial charge in [0.1, 0.15) is 0 Å². The van der Waals surface area contributed by atoms with Gasteiger partial charge in [-0.25, -0.2) is 4.79 Å². The van der Waals surface area contributed by atoms with Crippen molar-refractivity contribution >= 4 is 24.1 Å². The average molecular weight is 431 g/mol. The van der Waals surface area contributed by atoms with Crippen molar-refractivity contribution in [1.29, 1.82) is 0 Å². The summed E-state index contributed by atoms with van der Waals surface area (Å²) in [6.07, 6.45) is 0.995. The second-order valence-electron chi connectivity index (χ2n) is 7.57. The van der Waals surface area contributed by atoms with Gasteiger partial charge in [-0.1, -0.05) is 12.1 Å². The highest BCUT2D eigenvalue weighted by molar-refractivity contribution is 6.15. The molecule has 7 heteroatoms. The highest BCUT2D eigenvalue weighted by Crippen LogP contribution is 2.42. The summed E-state index contributed by atoms with van der Waals surface area (Å²) in [7, 11) is 6.84. The number of fused-ring (bicyclic) bond motifs is 3. The Balaban J connectivity index is 0.00000256. The number of likely N-dealkylation sites (N-methyl/N-ethyl adjacent to an activating group) is 1. The fraction of sp³-hybridized carbons (Fsp3) is 0.391. The number of likely N-dealkylation sites (tertiary alicyclic amines) is 1. The van der Waals surface area contributed by atoms with E-state index in [1.165, 1.54) is 12.7 Å². The Morgan fingerprint density at radius 3 is 2.53 bits per heavy atom. The standard InChI is InChI=1S/C23H26N2O4.ClH/c1-25-9-8-19-18(13-25)16-11-20(27-2)21(28-3)12-17(16)22(24-19)14-6-5-7-15(10-14)23(26)29-4;/h5-7,10-12,18-19H,8-9,13H2,1-4H3;1H. The number of carbonyl (C=O) groups is 1. The van der Waals surface area contributed by atoms with Gasteiger partial charge in [0.15, 0.2) is 11.5 Å². The van der Waals surface area contributed by atoms with Gasteiger partial charge in [-0.05, 0) is 49.8 Å². The van der Waals surface area contributed by atoms with Crippen molar-refractivity contribution in [2.45, 2.75) is 18.4 Å². The van der Waals surface area contributed by atoms with E-state index in [4.69, 9.17) is 19.2 Å². The van der Waals surface area contributed by atoms with E-state index in [1.807, 2.05) is 24.3 Å². The lowest BCUT2D eigenvalue weighted by atomic mass is 9.79. The van der Waals surface area contributed by atoms with Crippen LogP contribution in [-0.4, -0.2) is 64.1 Å². The van der Waals surface area contributed by atoms with Gasteiger partial charge in [0, 0.05) is 23.6 Å². The van der Waals surface area contributed by atoms with Crippen molar-refractivity contribution in [3.63, 3.8) is 0 Å². The van der Waals surface area contributed by atoms with Crippen LogP contribution in [0.1, 0.15) is 39.4 Å². The number of esters is 1. The summed E-state index contributed by atoms with van der Waals surface area (Å²) < 4.78 is 16.0. The van der Waals surface area contributed by atoms with Crippen LogP contribution in [0.3, 0.4) is 0 Å². The molecule has 2 aliphatic rings. The van der Waals surface area contributed by atoms with Crippen molar-refractivity contribution in [1.82, 2.24) is 4.90 Å². The van der Waals surface area contributed by atoms with Crippen LogP contribution in [0.15, 0.2) is 41.4 Å². The van der Waals surface area contributed by atoms with E-state index in [9.17, 15) is 4.79 Å². The number of halogens is 1. The third-order valence-electron chi connectivity index (χ3n) is 5.84. The zero-order chi connectivity index (χ0) is 20.5. The predicted octanol–water partition coefficient (Wildman–Crippen LogP) is 3.55. The van der Waals surface area contributed by atoms with E-state index in [2.05, 4.69) is 18.0 Å². The largest absolute Gasteiger partial charge is 0.493 e. The van der Waals surface area contributed by atoms with Gasteiger partial charge in [0.25, 0.3) is 0 Å². The van der Waals surface area contributed by atoms with Crippen molar-refractivity contribution in [2.24, 2.45) is 4.99 Å². The molecule has 4 rings (SSSR count). The molecule has 0 aromatic heterocycles. The molecule has 6 nitrogen and oxygen atoms in total. The molecule has 2 aromatic rings. The van der Waals surface area contributed by atoms with E-state index < -0.39 is 0 Å². The first-order valence-corrected chi connectivity index (χ1v) is 9.77. The molecule has 0 bridgehead atoms. The minimum atomic E-state index is -0.354. The summed E-state index contributed by atoms with van der Waals surface area (Å²) >= 11 is 0. The second-order valence-corrected chi connectivity index (χ2v) is 7.57. The lowest BCUT2D eigenvalue weighted by molar-refractivity contribution is 0.0600. The zero-order valence-electron chi connectivity index (χ0n) is 17.7. The fourth-order valence-electron chi connectivity index (χ4n) is 4.35. The molecule has 2 aliphatic heterocycles. The number of nitrogens with zero attached hydrogens (tertiary/aromatic N) is 2. The molecular weight excluding hydrogens is 404 g/mol. The minimum absolute atomic E-state index is 0. The first kappa shape index (κ1) is 22.1. The monoisotopic (exact) mass is 430 g/mol. The maximum atomic E-state index is 12.0. The lowest BCUT2D eigenvalue weighted by Gasteiger charge is -2.39.